The van der Waals surface area contributed by atoms with Crippen LogP contribution in [0.25, 0.3) is 0 Å². The molecule has 2 N–H and O–H groups in total. The first-order chi connectivity index (χ1) is 9.65. The van der Waals surface area contributed by atoms with Gasteiger partial charge >= 0.3 is 5.97 Å². The third-order valence-corrected chi connectivity index (χ3v) is 4.30. The molecule has 2 fully saturated rings. The number of carboxylic acids is 1. The molecule has 2 aliphatic rings. The lowest BCUT2D eigenvalue weighted by Crippen LogP contribution is -2.43. The fourth-order valence-electron chi connectivity index (χ4n) is 2.89. The Labute approximate surface area is 118 Å². The zero-order valence-electron chi connectivity index (χ0n) is 11.3. The molecule has 3 rings (SSSR count). The molecular weight excluding hydrogens is 254 g/mol. The second-order valence-corrected chi connectivity index (χ2v) is 5.93. The van der Waals surface area contributed by atoms with Gasteiger partial charge in [0.05, 0.1) is 0 Å². The topological polar surface area (TPSA) is 66.4 Å². The van der Waals surface area contributed by atoms with Gasteiger partial charge in [0.1, 0.15) is 6.04 Å². The Hall–Kier alpha value is -1.84. The molecule has 1 aromatic rings. The number of aliphatic carboxylic acids is 1. The van der Waals surface area contributed by atoms with E-state index in [1.165, 1.54) is 12.8 Å². The van der Waals surface area contributed by atoms with E-state index < -0.39 is 12.0 Å². The third-order valence-electron chi connectivity index (χ3n) is 4.30. The Balaban J connectivity index is 1.57. The average molecular weight is 273 g/mol. The van der Waals surface area contributed by atoms with Gasteiger partial charge in [-0.15, -0.1) is 0 Å². The molecule has 1 aromatic carbocycles. The van der Waals surface area contributed by atoms with Crippen LogP contribution in [0.1, 0.15) is 24.8 Å². The van der Waals surface area contributed by atoms with E-state index in [1.807, 2.05) is 30.3 Å². The van der Waals surface area contributed by atoms with Gasteiger partial charge in [0.2, 0.25) is 5.91 Å². The molecule has 2 saturated carbocycles. The summed E-state index contributed by atoms with van der Waals surface area (Å²) in [7, 11) is 0. The van der Waals surface area contributed by atoms with Gasteiger partial charge in [-0.25, -0.2) is 4.79 Å². The van der Waals surface area contributed by atoms with Crippen LogP contribution >= 0.6 is 0 Å². The SMILES string of the molecule is O=C(N[C@@H](Cc1ccccc1)C(=O)O)C1CC1C1CC1. The number of benzene rings is 1. The van der Waals surface area contributed by atoms with Crippen molar-refractivity contribution in [2.75, 3.05) is 0 Å². The number of carboxylic acid groups (broad SMARTS) is 1. The average Bonchev–Trinajstić information content (AvgIpc) is 3.28. The molecule has 0 radical (unpaired) electrons. The first-order valence-electron chi connectivity index (χ1n) is 7.22. The second kappa shape index (κ2) is 5.27. The summed E-state index contributed by atoms with van der Waals surface area (Å²) in [6, 6.07) is 8.58. The maximum absolute atomic E-state index is 12.1. The minimum Gasteiger partial charge on any atom is -0.480 e. The van der Waals surface area contributed by atoms with Crippen molar-refractivity contribution in [3.63, 3.8) is 0 Å². The van der Waals surface area contributed by atoms with Crippen LogP contribution in [-0.4, -0.2) is 23.0 Å². The molecule has 0 heterocycles. The van der Waals surface area contributed by atoms with Crippen molar-refractivity contribution >= 4 is 11.9 Å². The van der Waals surface area contributed by atoms with E-state index >= 15 is 0 Å². The number of hydrogen-bond donors (Lipinski definition) is 2. The molecule has 4 nitrogen and oxygen atoms in total. The van der Waals surface area contributed by atoms with E-state index in [2.05, 4.69) is 5.32 Å². The highest BCUT2D eigenvalue weighted by molar-refractivity contribution is 5.87. The number of hydrogen-bond acceptors (Lipinski definition) is 2. The van der Waals surface area contributed by atoms with Gasteiger partial charge in [0.15, 0.2) is 0 Å². The van der Waals surface area contributed by atoms with Crippen molar-refractivity contribution in [2.45, 2.75) is 31.7 Å². The van der Waals surface area contributed by atoms with E-state index in [4.69, 9.17) is 0 Å². The Morgan fingerprint density at radius 2 is 1.95 bits per heavy atom. The quantitative estimate of drug-likeness (QED) is 0.831. The van der Waals surface area contributed by atoms with Crippen molar-refractivity contribution in [1.82, 2.24) is 5.32 Å². The van der Waals surface area contributed by atoms with Gasteiger partial charge in [0.25, 0.3) is 0 Å². The Kier molecular flexibility index (Phi) is 3.47. The van der Waals surface area contributed by atoms with Crippen LogP contribution in [0.3, 0.4) is 0 Å². The number of carbonyl (C=O) groups excluding carboxylic acids is 1. The Morgan fingerprint density at radius 1 is 1.25 bits per heavy atom. The highest BCUT2D eigenvalue weighted by Gasteiger charge is 2.51. The molecule has 0 aliphatic heterocycles. The molecule has 0 aromatic heterocycles. The van der Waals surface area contributed by atoms with Gasteiger partial charge in [-0.05, 0) is 36.7 Å². The van der Waals surface area contributed by atoms with E-state index in [-0.39, 0.29) is 11.8 Å². The minimum atomic E-state index is -0.967. The number of amides is 1. The summed E-state index contributed by atoms with van der Waals surface area (Å²) in [6.07, 6.45) is 3.75. The summed E-state index contributed by atoms with van der Waals surface area (Å²) >= 11 is 0. The van der Waals surface area contributed by atoms with Crippen molar-refractivity contribution in [3.05, 3.63) is 35.9 Å². The molecule has 0 bridgehead atoms. The van der Waals surface area contributed by atoms with Crippen molar-refractivity contribution < 1.29 is 14.7 Å². The standard InChI is InChI=1S/C16H19NO3/c18-15(13-9-12(13)11-6-7-11)17-14(16(19)20)8-10-4-2-1-3-5-10/h1-5,11-14H,6-9H2,(H,17,18)(H,19,20)/t12?,13?,14-/m0/s1. The molecule has 2 aliphatic carbocycles. The van der Waals surface area contributed by atoms with Crippen LogP contribution < -0.4 is 5.32 Å². The third kappa shape index (κ3) is 3.00. The fourth-order valence-corrected chi connectivity index (χ4v) is 2.89. The number of nitrogens with one attached hydrogen (secondary N) is 1. The molecule has 0 spiro atoms. The van der Waals surface area contributed by atoms with Gasteiger partial charge in [-0.2, -0.15) is 0 Å². The van der Waals surface area contributed by atoms with Crippen LogP contribution in [0.2, 0.25) is 0 Å². The molecule has 106 valence electrons. The Morgan fingerprint density at radius 3 is 2.55 bits per heavy atom. The lowest BCUT2D eigenvalue weighted by Gasteiger charge is -2.14. The largest absolute Gasteiger partial charge is 0.480 e. The summed E-state index contributed by atoms with van der Waals surface area (Å²) in [6.45, 7) is 0. The van der Waals surface area contributed by atoms with Crippen LogP contribution in [-0.2, 0) is 16.0 Å². The van der Waals surface area contributed by atoms with Crippen molar-refractivity contribution in [2.24, 2.45) is 17.8 Å². The van der Waals surface area contributed by atoms with Crippen molar-refractivity contribution in [1.29, 1.82) is 0 Å². The summed E-state index contributed by atoms with van der Waals surface area (Å²) in [5, 5.41) is 12.0. The summed E-state index contributed by atoms with van der Waals surface area (Å²) in [5.41, 5.74) is 0.926. The van der Waals surface area contributed by atoms with E-state index in [1.54, 1.807) is 0 Å². The van der Waals surface area contributed by atoms with Crippen LogP contribution in [0, 0.1) is 17.8 Å². The van der Waals surface area contributed by atoms with Crippen LogP contribution in [0.15, 0.2) is 30.3 Å². The monoisotopic (exact) mass is 273 g/mol. The zero-order chi connectivity index (χ0) is 14.1. The van der Waals surface area contributed by atoms with E-state index in [9.17, 15) is 14.7 Å². The molecule has 0 saturated heterocycles. The van der Waals surface area contributed by atoms with Crippen LogP contribution in [0.5, 0.6) is 0 Å². The summed E-state index contributed by atoms with van der Waals surface area (Å²) in [4.78, 5) is 23.4. The zero-order valence-corrected chi connectivity index (χ0v) is 11.3. The lowest BCUT2D eigenvalue weighted by atomic mass is 10.1. The maximum Gasteiger partial charge on any atom is 0.326 e. The smallest absolute Gasteiger partial charge is 0.326 e. The van der Waals surface area contributed by atoms with Crippen LogP contribution in [0.4, 0.5) is 0 Å². The van der Waals surface area contributed by atoms with Gasteiger partial charge in [-0.1, -0.05) is 30.3 Å². The predicted octanol–water partition coefficient (Wildman–Crippen LogP) is 1.84. The maximum atomic E-state index is 12.1. The molecule has 2 unspecified atom stereocenters. The van der Waals surface area contributed by atoms with Gasteiger partial charge in [0, 0.05) is 12.3 Å². The van der Waals surface area contributed by atoms with E-state index in [0.717, 1.165) is 17.9 Å². The highest BCUT2D eigenvalue weighted by atomic mass is 16.4. The first-order valence-corrected chi connectivity index (χ1v) is 7.22. The molecule has 3 atom stereocenters. The molecule has 4 heteroatoms. The first kappa shape index (κ1) is 13.2. The molecule has 20 heavy (non-hydrogen) atoms. The normalized spacial score (nSPS) is 25.8. The highest BCUT2D eigenvalue weighted by Crippen LogP contribution is 2.54. The lowest BCUT2D eigenvalue weighted by molar-refractivity contribution is -0.142. The Bertz CT molecular complexity index is 510. The summed E-state index contributed by atoms with van der Waals surface area (Å²) in [5.74, 6) is 0.250. The predicted molar refractivity (Wildman–Crippen MR) is 74.0 cm³/mol. The van der Waals surface area contributed by atoms with E-state index in [0.29, 0.717) is 12.3 Å². The number of rotatable bonds is 6. The minimum absolute atomic E-state index is 0.0557. The fraction of sp³-hybridized carbons (Fsp3) is 0.500. The van der Waals surface area contributed by atoms with Crippen molar-refractivity contribution in [3.8, 4) is 0 Å². The van der Waals surface area contributed by atoms with Gasteiger partial charge in [-0.3, -0.25) is 4.79 Å². The summed E-state index contributed by atoms with van der Waals surface area (Å²) < 4.78 is 0. The molecule has 1 amide bonds. The molecular formula is C16H19NO3. The number of carbonyl (C=O) groups is 2. The second-order valence-electron chi connectivity index (χ2n) is 5.93. The van der Waals surface area contributed by atoms with Gasteiger partial charge < -0.3 is 10.4 Å².